The third-order valence-electron chi connectivity index (χ3n) is 15.5. The molecule has 0 aromatic carbocycles. The SMILES string of the molecule is C=C1CC2CCC3[C@](C)(C(=O)OC4OC(CO)C(O)C(O)C4O)CCC[C@@]3(C)[C@@H]2C1C1OC(CO)C(O)C(OC2OC(CO)C(O)C(O)C2O)C1OC1OC(C)C(O)C(O)C1O. The van der Waals surface area contributed by atoms with Gasteiger partial charge >= 0.3 is 5.97 Å². The van der Waals surface area contributed by atoms with Crippen molar-refractivity contribution in [1.29, 1.82) is 0 Å². The lowest BCUT2D eigenvalue weighted by atomic mass is 9.45. The van der Waals surface area contributed by atoms with Crippen LogP contribution in [0.1, 0.15) is 59.3 Å². The maximum Gasteiger partial charge on any atom is 0.314 e. The van der Waals surface area contributed by atoms with Crippen molar-refractivity contribution in [3.05, 3.63) is 12.2 Å². The van der Waals surface area contributed by atoms with Gasteiger partial charge in [0.2, 0.25) is 6.29 Å². The lowest BCUT2D eigenvalue weighted by Crippen LogP contribution is -2.68. The molecule has 0 radical (unpaired) electrons. The van der Waals surface area contributed by atoms with Crippen molar-refractivity contribution in [3.63, 3.8) is 0 Å². The lowest BCUT2D eigenvalue weighted by Gasteiger charge is -2.60. The first-order chi connectivity index (χ1) is 29.2. The third-order valence-corrected chi connectivity index (χ3v) is 15.5. The molecule has 26 atom stereocenters. The zero-order chi connectivity index (χ0) is 45.3. The van der Waals surface area contributed by atoms with Crippen LogP contribution in [0.3, 0.4) is 0 Å². The normalized spacial score (nSPS) is 54.7. The zero-order valence-electron chi connectivity index (χ0n) is 35.0. The molecule has 13 N–H and O–H groups in total. The molecule has 3 saturated carbocycles. The Kier molecular flexibility index (Phi) is 14.5. The Morgan fingerprint density at radius 1 is 0.645 bits per heavy atom. The van der Waals surface area contributed by atoms with Crippen LogP contribution in [-0.2, 0) is 38.0 Å². The van der Waals surface area contributed by atoms with Gasteiger partial charge in [0.05, 0.1) is 37.4 Å². The molecular formula is C41H66O21. The summed E-state index contributed by atoms with van der Waals surface area (Å²) >= 11 is 0. The molecule has 7 fully saturated rings. The van der Waals surface area contributed by atoms with Gasteiger partial charge in [0.25, 0.3) is 0 Å². The molecule has 23 unspecified atom stereocenters. The van der Waals surface area contributed by atoms with Crippen LogP contribution in [0.15, 0.2) is 12.2 Å². The van der Waals surface area contributed by atoms with Gasteiger partial charge in [-0.2, -0.15) is 0 Å². The summed E-state index contributed by atoms with van der Waals surface area (Å²) in [6.45, 7) is 7.50. The standard InChI is InChI=1S/C41H66O21/c1-14-10-16-6-7-20-40(3,8-5-9-41(20,4)39(55)62-38-32(54)29(51)25(47)18(12-43)59-38)22(16)21(14)33-35(61-36-30(52)27(49)23(45)15(2)56-36)34(26(48)19(13-44)57-33)60-37-31(53)28(50)24(46)17(11-42)58-37/h15-38,42-54H,1,5-13H2,2-4H3/t15?,16?,17?,18?,19?,20?,21?,22-,23?,24?,25?,26?,27?,28?,29?,30?,31?,32?,33?,34?,35?,36?,37?,38?,40+,41+/m0/s1. The minimum Gasteiger partial charge on any atom is -0.432 e. The monoisotopic (exact) mass is 894 g/mol. The first-order valence-corrected chi connectivity index (χ1v) is 21.7. The first kappa shape index (κ1) is 48.4. The van der Waals surface area contributed by atoms with Crippen LogP contribution in [0.5, 0.6) is 0 Å². The Hall–Kier alpha value is -1.55. The molecule has 0 bridgehead atoms. The van der Waals surface area contributed by atoms with Crippen molar-refractivity contribution >= 4 is 5.97 Å². The van der Waals surface area contributed by atoms with Crippen molar-refractivity contribution in [3.8, 4) is 0 Å². The fourth-order valence-corrected chi connectivity index (χ4v) is 12.1. The largest absolute Gasteiger partial charge is 0.432 e. The minimum absolute atomic E-state index is 0.0282. The number of fused-ring (bicyclic) bond motifs is 3. The molecule has 7 aliphatic rings. The summed E-state index contributed by atoms with van der Waals surface area (Å²) in [5, 5.41) is 138. The second kappa shape index (κ2) is 18.6. The highest BCUT2D eigenvalue weighted by molar-refractivity contribution is 5.77. The fraction of sp³-hybridized carbons (Fsp3) is 0.927. The molecule has 21 nitrogen and oxygen atoms in total. The highest BCUT2D eigenvalue weighted by Gasteiger charge is 2.66. The summed E-state index contributed by atoms with van der Waals surface area (Å²) in [5.74, 6) is -2.14. The average Bonchev–Trinajstić information content (AvgIpc) is 3.59. The molecule has 0 spiro atoms. The number of carbonyl (C=O) groups excluding carboxylic acids is 1. The second-order valence-corrected chi connectivity index (χ2v) is 19.1. The molecule has 0 aromatic heterocycles. The summed E-state index contributed by atoms with van der Waals surface area (Å²) in [6.07, 6.45) is -29.0. The molecule has 3 aliphatic carbocycles. The number of ether oxygens (including phenoxy) is 7. The Morgan fingerprint density at radius 3 is 1.76 bits per heavy atom. The number of aliphatic hydroxyl groups excluding tert-OH is 13. The fourth-order valence-electron chi connectivity index (χ4n) is 12.1. The van der Waals surface area contributed by atoms with Gasteiger partial charge in [-0.05, 0) is 69.1 Å². The van der Waals surface area contributed by atoms with E-state index in [1.807, 2.05) is 0 Å². The van der Waals surface area contributed by atoms with Crippen molar-refractivity contribution in [2.75, 3.05) is 19.8 Å². The van der Waals surface area contributed by atoms with Gasteiger partial charge < -0.3 is 99.5 Å². The highest BCUT2D eigenvalue weighted by atomic mass is 16.8. The first-order valence-electron chi connectivity index (χ1n) is 21.7. The van der Waals surface area contributed by atoms with Crippen LogP contribution in [0, 0.1) is 34.5 Å². The summed E-state index contributed by atoms with van der Waals surface area (Å²) < 4.78 is 42.1. The van der Waals surface area contributed by atoms with Gasteiger partial charge in [-0.1, -0.05) is 25.5 Å². The molecule has 0 amide bonds. The van der Waals surface area contributed by atoms with E-state index in [0.717, 1.165) is 0 Å². The molecule has 356 valence electrons. The average molecular weight is 895 g/mol. The molecule has 7 rings (SSSR count). The van der Waals surface area contributed by atoms with E-state index >= 15 is 0 Å². The molecule has 21 heteroatoms. The molecule has 4 heterocycles. The molecule has 4 saturated heterocycles. The zero-order valence-corrected chi connectivity index (χ0v) is 35.0. The molecular weight excluding hydrogens is 828 g/mol. The van der Waals surface area contributed by atoms with E-state index in [0.29, 0.717) is 44.1 Å². The lowest BCUT2D eigenvalue weighted by molar-refractivity contribution is -0.373. The van der Waals surface area contributed by atoms with Gasteiger partial charge in [0, 0.05) is 5.92 Å². The van der Waals surface area contributed by atoms with Gasteiger partial charge in [-0.3, -0.25) is 4.79 Å². The number of rotatable bonds is 10. The van der Waals surface area contributed by atoms with Crippen LogP contribution < -0.4 is 0 Å². The number of carbonyl (C=O) groups is 1. The highest BCUT2D eigenvalue weighted by Crippen LogP contribution is 2.68. The van der Waals surface area contributed by atoms with Crippen molar-refractivity contribution in [1.82, 2.24) is 0 Å². The van der Waals surface area contributed by atoms with Crippen molar-refractivity contribution in [2.45, 2.75) is 182 Å². The van der Waals surface area contributed by atoms with E-state index in [-0.39, 0.29) is 17.8 Å². The summed E-state index contributed by atoms with van der Waals surface area (Å²) in [4.78, 5) is 14.4. The minimum atomic E-state index is -1.92. The van der Waals surface area contributed by atoms with E-state index in [2.05, 4.69) is 13.5 Å². The number of aliphatic hydroxyl groups is 13. The van der Waals surface area contributed by atoms with E-state index in [1.54, 1.807) is 6.92 Å². The van der Waals surface area contributed by atoms with E-state index < -0.39 is 165 Å². The van der Waals surface area contributed by atoms with Gasteiger partial charge in [-0.25, -0.2) is 0 Å². The van der Waals surface area contributed by atoms with Gasteiger partial charge in [0.15, 0.2) is 12.6 Å². The van der Waals surface area contributed by atoms with Crippen molar-refractivity contribution < 1.29 is 104 Å². The van der Waals surface area contributed by atoms with Crippen LogP contribution >= 0.6 is 0 Å². The topological polar surface area (TPSA) is 345 Å². The third kappa shape index (κ3) is 8.19. The van der Waals surface area contributed by atoms with E-state index in [1.165, 1.54) is 6.92 Å². The summed E-state index contributed by atoms with van der Waals surface area (Å²) in [6, 6.07) is 0. The Bertz CT molecular complexity index is 1570. The van der Waals surface area contributed by atoms with Crippen LogP contribution in [-0.4, -0.2) is 215 Å². The van der Waals surface area contributed by atoms with Crippen LogP contribution in [0.25, 0.3) is 0 Å². The smallest absolute Gasteiger partial charge is 0.314 e. The van der Waals surface area contributed by atoms with E-state index in [9.17, 15) is 71.2 Å². The van der Waals surface area contributed by atoms with Gasteiger partial charge in [-0.15, -0.1) is 0 Å². The predicted octanol–water partition coefficient (Wildman–Crippen LogP) is -4.74. The maximum absolute atomic E-state index is 14.4. The van der Waals surface area contributed by atoms with Crippen molar-refractivity contribution in [2.24, 2.45) is 34.5 Å². The Labute approximate surface area is 358 Å². The Morgan fingerprint density at radius 2 is 1.16 bits per heavy atom. The predicted molar refractivity (Wildman–Crippen MR) is 204 cm³/mol. The quantitative estimate of drug-likeness (QED) is 0.0723. The number of hydrogen-bond acceptors (Lipinski definition) is 21. The van der Waals surface area contributed by atoms with E-state index in [4.69, 9.17) is 33.2 Å². The van der Waals surface area contributed by atoms with Crippen LogP contribution in [0.4, 0.5) is 0 Å². The number of hydrogen-bond donors (Lipinski definition) is 13. The summed E-state index contributed by atoms with van der Waals surface area (Å²) in [7, 11) is 0. The molecule has 62 heavy (non-hydrogen) atoms. The van der Waals surface area contributed by atoms with Gasteiger partial charge in [0.1, 0.15) is 91.6 Å². The maximum atomic E-state index is 14.4. The molecule has 0 aromatic rings. The molecule has 4 aliphatic heterocycles. The van der Waals surface area contributed by atoms with Crippen LogP contribution in [0.2, 0.25) is 0 Å². The summed E-state index contributed by atoms with van der Waals surface area (Å²) in [5.41, 5.74) is -1.17. The Balaban J connectivity index is 1.24. The second-order valence-electron chi connectivity index (χ2n) is 19.1. The number of esters is 1.